The standard InChI is InChI=1S/C23H22N6O3S/c1-14-19-17(26-29-23(33)25-16-6-3-2-4-7-16)8-5-9-18(19)32-20(14)22(31)28-27-21(30)15-10-12-24-13-11-15/h2-4,6-7,10-13H,5,8-9H2,1H3,(H,27,30)(H,28,31)(H2,25,29,33)/b26-17+. The first-order chi connectivity index (χ1) is 16.0. The van der Waals surface area contributed by atoms with Crippen molar-refractivity contribution in [2.45, 2.75) is 26.2 Å². The summed E-state index contributed by atoms with van der Waals surface area (Å²) >= 11 is 5.32. The predicted molar refractivity (Wildman–Crippen MR) is 128 cm³/mol. The van der Waals surface area contributed by atoms with Gasteiger partial charge in [0.2, 0.25) is 0 Å². The van der Waals surface area contributed by atoms with E-state index in [-0.39, 0.29) is 5.76 Å². The van der Waals surface area contributed by atoms with Gasteiger partial charge in [-0.05, 0) is 56.2 Å². The van der Waals surface area contributed by atoms with Gasteiger partial charge in [0, 0.05) is 41.2 Å². The summed E-state index contributed by atoms with van der Waals surface area (Å²) in [6.45, 7) is 1.79. The number of furan rings is 1. The van der Waals surface area contributed by atoms with Gasteiger partial charge in [-0.15, -0.1) is 0 Å². The number of hydrogen-bond acceptors (Lipinski definition) is 6. The first kappa shape index (κ1) is 22.2. The Morgan fingerprint density at radius 3 is 2.52 bits per heavy atom. The smallest absolute Gasteiger partial charge is 0.305 e. The first-order valence-corrected chi connectivity index (χ1v) is 10.8. The van der Waals surface area contributed by atoms with Crippen molar-refractivity contribution >= 4 is 40.5 Å². The van der Waals surface area contributed by atoms with E-state index in [1.165, 1.54) is 12.4 Å². The molecule has 1 aliphatic rings. The van der Waals surface area contributed by atoms with E-state index in [4.69, 9.17) is 16.6 Å². The Morgan fingerprint density at radius 1 is 1.03 bits per heavy atom. The van der Waals surface area contributed by atoms with Crippen LogP contribution in [0.15, 0.2) is 64.4 Å². The van der Waals surface area contributed by atoms with Gasteiger partial charge in [0.1, 0.15) is 5.76 Å². The number of hydrogen-bond donors (Lipinski definition) is 4. The topological polar surface area (TPSA) is 121 Å². The second-order valence-corrected chi connectivity index (χ2v) is 7.75. The highest BCUT2D eigenvalue weighted by molar-refractivity contribution is 7.80. The van der Waals surface area contributed by atoms with Crippen LogP contribution >= 0.6 is 12.2 Å². The maximum atomic E-state index is 12.7. The zero-order chi connectivity index (χ0) is 23.2. The summed E-state index contributed by atoms with van der Waals surface area (Å²) in [5, 5.41) is 7.89. The highest BCUT2D eigenvalue weighted by Crippen LogP contribution is 2.29. The molecule has 0 aliphatic heterocycles. The van der Waals surface area contributed by atoms with Crippen molar-refractivity contribution < 1.29 is 14.0 Å². The molecule has 2 aromatic heterocycles. The fourth-order valence-corrected chi connectivity index (χ4v) is 3.70. The SMILES string of the molecule is Cc1c(C(=O)NNC(=O)c2ccncc2)oc2c1/C(=N/NC(=S)Nc1ccccc1)CCC2. The molecule has 1 aliphatic carbocycles. The molecule has 0 saturated heterocycles. The van der Waals surface area contributed by atoms with Crippen LogP contribution in [0.2, 0.25) is 0 Å². The Hall–Kier alpha value is -4.05. The van der Waals surface area contributed by atoms with Gasteiger partial charge in [0.25, 0.3) is 5.91 Å². The number of carbonyl (C=O) groups excluding carboxylic acids is 2. The predicted octanol–water partition coefficient (Wildman–Crippen LogP) is 3.08. The molecule has 0 fully saturated rings. The molecule has 0 radical (unpaired) electrons. The maximum absolute atomic E-state index is 12.7. The highest BCUT2D eigenvalue weighted by atomic mass is 32.1. The molecule has 0 bridgehead atoms. The third-order valence-corrected chi connectivity index (χ3v) is 5.28. The fraction of sp³-hybridized carbons (Fsp3) is 0.174. The second-order valence-electron chi connectivity index (χ2n) is 7.34. The third kappa shape index (κ3) is 5.24. The fourth-order valence-electron chi connectivity index (χ4n) is 3.54. The molecule has 0 unspecified atom stereocenters. The van der Waals surface area contributed by atoms with Gasteiger partial charge in [0.05, 0.1) is 5.71 Å². The number of benzene rings is 1. The summed E-state index contributed by atoms with van der Waals surface area (Å²) in [5.74, 6) is -0.176. The molecule has 0 atom stereocenters. The molecule has 9 nitrogen and oxygen atoms in total. The van der Waals surface area contributed by atoms with Crippen molar-refractivity contribution in [2.75, 3.05) is 5.32 Å². The summed E-state index contributed by atoms with van der Waals surface area (Å²) in [7, 11) is 0. The number of nitrogens with one attached hydrogen (secondary N) is 4. The molecule has 33 heavy (non-hydrogen) atoms. The molecule has 0 saturated carbocycles. The van der Waals surface area contributed by atoms with Gasteiger partial charge < -0.3 is 9.73 Å². The molecule has 4 rings (SSSR count). The summed E-state index contributed by atoms with van der Waals surface area (Å²) in [5.41, 5.74) is 11.1. The maximum Gasteiger partial charge on any atom is 0.305 e. The third-order valence-electron chi connectivity index (χ3n) is 5.09. The quantitative estimate of drug-likeness (QED) is 0.347. The van der Waals surface area contributed by atoms with Crippen LogP contribution < -0.4 is 21.6 Å². The number of rotatable bonds is 4. The number of para-hydroxylation sites is 1. The molecule has 2 amide bonds. The van der Waals surface area contributed by atoms with Crippen molar-refractivity contribution in [1.29, 1.82) is 0 Å². The number of carbonyl (C=O) groups is 2. The van der Waals surface area contributed by atoms with Crippen LogP contribution in [-0.2, 0) is 6.42 Å². The minimum absolute atomic E-state index is 0.134. The average molecular weight is 463 g/mol. The monoisotopic (exact) mass is 462 g/mol. The summed E-state index contributed by atoms with van der Waals surface area (Å²) in [6, 6.07) is 12.6. The van der Waals surface area contributed by atoms with E-state index in [0.717, 1.165) is 23.4 Å². The molecule has 0 spiro atoms. The second kappa shape index (κ2) is 10.0. The lowest BCUT2D eigenvalue weighted by Gasteiger charge is -2.14. The van der Waals surface area contributed by atoms with Crippen LogP contribution in [-0.4, -0.2) is 27.6 Å². The Kier molecular flexibility index (Phi) is 6.75. The highest BCUT2D eigenvalue weighted by Gasteiger charge is 2.28. The van der Waals surface area contributed by atoms with E-state index in [1.807, 2.05) is 30.3 Å². The number of aryl methyl sites for hydroxylation is 1. The summed E-state index contributed by atoms with van der Waals surface area (Å²) < 4.78 is 5.84. The number of anilines is 1. The molecule has 10 heteroatoms. The molecule has 3 aromatic rings. The summed E-state index contributed by atoms with van der Waals surface area (Å²) in [4.78, 5) is 28.7. The van der Waals surface area contributed by atoms with E-state index in [2.05, 4.69) is 31.7 Å². The first-order valence-electron chi connectivity index (χ1n) is 10.3. The normalized spacial score (nSPS) is 13.7. The molecule has 168 valence electrons. The Balaban J connectivity index is 1.44. The lowest BCUT2D eigenvalue weighted by atomic mass is 9.93. The van der Waals surface area contributed by atoms with Gasteiger partial charge in [-0.1, -0.05) is 18.2 Å². The molecule has 2 heterocycles. The lowest BCUT2D eigenvalue weighted by Crippen LogP contribution is -2.41. The van der Waals surface area contributed by atoms with Gasteiger partial charge >= 0.3 is 5.91 Å². The van der Waals surface area contributed by atoms with Crippen LogP contribution in [0.4, 0.5) is 5.69 Å². The van der Waals surface area contributed by atoms with E-state index < -0.39 is 11.8 Å². The van der Waals surface area contributed by atoms with Crippen LogP contribution in [0.25, 0.3) is 0 Å². The number of amides is 2. The molecule has 1 aromatic carbocycles. The van der Waals surface area contributed by atoms with Crippen molar-refractivity contribution in [3.63, 3.8) is 0 Å². The van der Waals surface area contributed by atoms with Crippen molar-refractivity contribution in [3.05, 3.63) is 83.1 Å². The number of fused-ring (bicyclic) bond motifs is 1. The zero-order valence-electron chi connectivity index (χ0n) is 17.8. The van der Waals surface area contributed by atoms with Crippen molar-refractivity contribution in [3.8, 4) is 0 Å². The van der Waals surface area contributed by atoms with Crippen molar-refractivity contribution in [2.24, 2.45) is 5.10 Å². The van der Waals surface area contributed by atoms with Crippen LogP contribution in [0.5, 0.6) is 0 Å². The Bertz CT molecular complexity index is 1210. The van der Waals surface area contributed by atoms with E-state index in [0.29, 0.717) is 34.8 Å². The largest absolute Gasteiger partial charge is 0.455 e. The number of nitrogens with zero attached hydrogens (tertiary/aromatic N) is 2. The van der Waals surface area contributed by atoms with Crippen LogP contribution in [0.1, 0.15) is 50.6 Å². The van der Waals surface area contributed by atoms with Gasteiger partial charge in [-0.25, -0.2) is 0 Å². The molecular formula is C23H22N6O3S. The number of aromatic nitrogens is 1. The zero-order valence-corrected chi connectivity index (χ0v) is 18.7. The van der Waals surface area contributed by atoms with E-state index >= 15 is 0 Å². The van der Waals surface area contributed by atoms with Crippen LogP contribution in [0.3, 0.4) is 0 Å². The van der Waals surface area contributed by atoms with Crippen molar-refractivity contribution in [1.82, 2.24) is 21.3 Å². The molecule has 4 N–H and O–H groups in total. The van der Waals surface area contributed by atoms with E-state index in [9.17, 15) is 9.59 Å². The number of pyridine rings is 1. The number of thiocarbonyl (C=S) groups is 1. The van der Waals surface area contributed by atoms with Gasteiger partial charge in [0.15, 0.2) is 10.9 Å². The Morgan fingerprint density at radius 2 is 1.76 bits per heavy atom. The Labute approximate surface area is 195 Å². The molecular weight excluding hydrogens is 440 g/mol. The number of hydrazone groups is 1. The minimum atomic E-state index is -0.544. The summed E-state index contributed by atoms with van der Waals surface area (Å²) in [6.07, 6.45) is 5.24. The average Bonchev–Trinajstić information content (AvgIpc) is 3.19. The van der Waals surface area contributed by atoms with Crippen LogP contribution in [0, 0.1) is 6.92 Å². The minimum Gasteiger partial charge on any atom is -0.455 e. The van der Waals surface area contributed by atoms with E-state index in [1.54, 1.807) is 19.1 Å². The van der Waals surface area contributed by atoms with Gasteiger partial charge in [-0.2, -0.15) is 5.10 Å². The van der Waals surface area contributed by atoms with Gasteiger partial charge in [-0.3, -0.25) is 30.9 Å². The number of hydrazine groups is 1. The lowest BCUT2D eigenvalue weighted by molar-refractivity contribution is 0.0829.